The monoisotopic (exact) mass is 329 g/mol. The fraction of sp³-hybridized carbons (Fsp3) is 0.471. The molecule has 0 bridgehead atoms. The van der Waals surface area contributed by atoms with E-state index in [2.05, 4.69) is 15.4 Å². The molecule has 1 atom stereocenters. The van der Waals surface area contributed by atoms with Crippen molar-refractivity contribution in [3.8, 4) is 0 Å². The van der Waals surface area contributed by atoms with E-state index in [0.29, 0.717) is 25.2 Å². The molecular weight excluding hydrogens is 306 g/mol. The van der Waals surface area contributed by atoms with Crippen LogP contribution in [0.5, 0.6) is 0 Å². The minimum absolute atomic E-state index is 0.202. The van der Waals surface area contributed by atoms with Crippen molar-refractivity contribution in [2.45, 2.75) is 32.4 Å². The second-order valence-electron chi connectivity index (χ2n) is 6.25. The Kier molecular flexibility index (Phi) is 4.53. The van der Waals surface area contributed by atoms with Gasteiger partial charge in [-0.15, -0.1) is 0 Å². The van der Waals surface area contributed by atoms with Crippen LogP contribution in [-0.4, -0.2) is 51.0 Å². The number of rotatable bonds is 5. The number of anilines is 1. The van der Waals surface area contributed by atoms with Gasteiger partial charge in [0.05, 0.1) is 0 Å². The molecule has 1 aliphatic heterocycles. The molecule has 2 N–H and O–H groups in total. The molecular formula is C17H23N5O2. The van der Waals surface area contributed by atoms with Gasteiger partial charge in [-0.05, 0) is 38.5 Å². The van der Waals surface area contributed by atoms with Crippen LogP contribution >= 0.6 is 0 Å². The topological polar surface area (TPSA) is 83.3 Å². The summed E-state index contributed by atoms with van der Waals surface area (Å²) in [6.07, 6.45) is 2.33. The summed E-state index contributed by atoms with van der Waals surface area (Å²) in [4.78, 5) is 18.6. The largest absolute Gasteiger partial charge is 0.386 e. The van der Waals surface area contributed by atoms with Crippen LogP contribution in [-0.2, 0) is 6.54 Å². The van der Waals surface area contributed by atoms with Gasteiger partial charge >= 0.3 is 0 Å². The Balaban J connectivity index is 1.59. The molecule has 1 saturated heterocycles. The molecule has 1 amide bonds. The highest BCUT2D eigenvalue weighted by molar-refractivity contribution is 5.92. The highest BCUT2D eigenvalue weighted by Gasteiger charge is 2.37. The minimum Gasteiger partial charge on any atom is -0.386 e. The van der Waals surface area contributed by atoms with Crippen LogP contribution in [0.2, 0.25) is 0 Å². The number of hydrogen-bond donors (Lipinski definition) is 2. The van der Waals surface area contributed by atoms with E-state index in [1.54, 1.807) is 16.9 Å². The van der Waals surface area contributed by atoms with E-state index in [1.807, 2.05) is 36.9 Å². The van der Waals surface area contributed by atoms with Crippen LogP contribution in [0.15, 0.2) is 30.5 Å². The number of nitrogens with zero attached hydrogens (tertiary/aromatic N) is 4. The number of pyridine rings is 1. The number of carbonyl (C=O) groups excluding carboxylic acids is 1. The first-order valence-corrected chi connectivity index (χ1v) is 8.22. The number of β-amino-alcohol motifs (C(OH)–C–C–N with tert-alkyl or cyclic N) is 1. The van der Waals surface area contributed by atoms with Crippen molar-refractivity contribution in [2.75, 3.05) is 24.5 Å². The molecule has 128 valence electrons. The number of nitrogens with one attached hydrogen (secondary N) is 1. The van der Waals surface area contributed by atoms with E-state index >= 15 is 0 Å². The molecule has 0 saturated carbocycles. The van der Waals surface area contributed by atoms with Crippen LogP contribution in [0, 0.1) is 6.92 Å². The van der Waals surface area contributed by atoms with Crippen molar-refractivity contribution in [3.05, 3.63) is 41.9 Å². The van der Waals surface area contributed by atoms with Crippen LogP contribution in [0.4, 0.5) is 5.82 Å². The molecule has 2 aromatic rings. The van der Waals surface area contributed by atoms with Crippen LogP contribution < -0.4 is 10.2 Å². The second kappa shape index (κ2) is 6.60. The zero-order chi connectivity index (χ0) is 17.2. The number of carbonyl (C=O) groups is 1. The lowest BCUT2D eigenvalue weighted by Crippen LogP contribution is -2.45. The maximum absolute atomic E-state index is 12.3. The summed E-state index contributed by atoms with van der Waals surface area (Å²) < 4.78 is 1.78. The summed E-state index contributed by atoms with van der Waals surface area (Å²) in [6, 6.07) is 7.47. The molecule has 7 nitrogen and oxygen atoms in total. The van der Waals surface area contributed by atoms with Crippen LogP contribution in [0.25, 0.3) is 0 Å². The average molecular weight is 329 g/mol. The van der Waals surface area contributed by atoms with Gasteiger partial charge in [-0.1, -0.05) is 6.07 Å². The Labute approximate surface area is 141 Å². The van der Waals surface area contributed by atoms with Gasteiger partial charge in [0.1, 0.15) is 17.1 Å². The fourth-order valence-corrected chi connectivity index (χ4v) is 3.01. The number of aryl methyl sites for hydroxylation is 2. The summed E-state index contributed by atoms with van der Waals surface area (Å²) in [7, 11) is 0. The quantitative estimate of drug-likeness (QED) is 0.854. The molecule has 0 spiro atoms. The molecule has 3 rings (SSSR count). The molecule has 0 radical (unpaired) electrons. The first-order chi connectivity index (χ1) is 11.5. The lowest BCUT2D eigenvalue weighted by atomic mass is 10.0. The van der Waals surface area contributed by atoms with E-state index in [4.69, 9.17) is 0 Å². The highest BCUT2D eigenvalue weighted by atomic mass is 16.3. The van der Waals surface area contributed by atoms with Gasteiger partial charge < -0.3 is 15.3 Å². The molecule has 2 aromatic heterocycles. The van der Waals surface area contributed by atoms with Gasteiger partial charge in [0.15, 0.2) is 0 Å². The van der Waals surface area contributed by atoms with E-state index < -0.39 is 5.60 Å². The second-order valence-corrected chi connectivity index (χ2v) is 6.25. The van der Waals surface area contributed by atoms with Gasteiger partial charge in [-0.2, -0.15) is 5.10 Å². The van der Waals surface area contributed by atoms with Gasteiger partial charge in [0.25, 0.3) is 5.91 Å². The standard InChI is InChI=1S/C17H23N5O2/c1-3-22-13(2)10-14(20-22)16(23)19-11-17(24)7-9-21(12-17)15-6-4-5-8-18-15/h4-6,8,10,24H,3,7,9,11-12H2,1-2H3,(H,19,23)/t17-/m1/s1. The summed E-state index contributed by atoms with van der Waals surface area (Å²) in [6.45, 7) is 5.99. The highest BCUT2D eigenvalue weighted by Crippen LogP contribution is 2.24. The molecule has 0 unspecified atom stereocenters. The SMILES string of the molecule is CCn1nc(C(=O)NC[C@]2(O)CCN(c3ccccn3)C2)cc1C. The van der Waals surface area contributed by atoms with Crippen molar-refractivity contribution in [2.24, 2.45) is 0 Å². The lowest BCUT2D eigenvalue weighted by Gasteiger charge is -2.24. The van der Waals surface area contributed by atoms with Gasteiger partial charge in [0.2, 0.25) is 0 Å². The normalized spacial score (nSPS) is 20.4. The average Bonchev–Trinajstić information content (AvgIpc) is 3.17. The van der Waals surface area contributed by atoms with Crippen LogP contribution in [0.3, 0.4) is 0 Å². The van der Waals surface area contributed by atoms with Crippen molar-refractivity contribution in [1.29, 1.82) is 0 Å². The van der Waals surface area contributed by atoms with Gasteiger partial charge in [-0.25, -0.2) is 4.98 Å². The van der Waals surface area contributed by atoms with Crippen molar-refractivity contribution >= 4 is 11.7 Å². The Morgan fingerprint density at radius 1 is 1.46 bits per heavy atom. The molecule has 24 heavy (non-hydrogen) atoms. The maximum Gasteiger partial charge on any atom is 0.271 e. The fourth-order valence-electron chi connectivity index (χ4n) is 3.01. The zero-order valence-corrected chi connectivity index (χ0v) is 14.1. The van der Waals surface area contributed by atoms with Gasteiger partial charge in [0, 0.05) is 38.1 Å². The number of amides is 1. The van der Waals surface area contributed by atoms with E-state index in [-0.39, 0.29) is 12.5 Å². The number of aliphatic hydroxyl groups is 1. The molecule has 0 aromatic carbocycles. The van der Waals surface area contributed by atoms with Gasteiger partial charge in [-0.3, -0.25) is 9.48 Å². The van der Waals surface area contributed by atoms with E-state index in [1.165, 1.54) is 0 Å². The summed E-state index contributed by atoms with van der Waals surface area (Å²) in [5.41, 5.74) is 0.385. The molecule has 7 heteroatoms. The predicted octanol–water partition coefficient (Wildman–Crippen LogP) is 0.978. The summed E-state index contributed by atoms with van der Waals surface area (Å²) in [5, 5.41) is 17.8. The third-order valence-corrected chi connectivity index (χ3v) is 4.40. The lowest BCUT2D eigenvalue weighted by molar-refractivity contribution is 0.0574. The number of aromatic nitrogens is 3. The maximum atomic E-state index is 12.3. The van der Waals surface area contributed by atoms with E-state index in [9.17, 15) is 9.90 Å². The first kappa shape index (κ1) is 16.4. The third kappa shape index (κ3) is 3.41. The third-order valence-electron chi connectivity index (χ3n) is 4.40. The van der Waals surface area contributed by atoms with Crippen molar-refractivity contribution < 1.29 is 9.90 Å². The van der Waals surface area contributed by atoms with Crippen molar-refractivity contribution in [1.82, 2.24) is 20.1 Å². The molecule has 1 fully saturated rings. The Morgan fingerprint density at radius 3 is 2.96 bits per heavy atom. The van der Waals surface area contributed by atoms with Crippen LogP contribution in [0.1, 0.15) is 29.5 Å². The molecule has 3 heterocycles. The van der Waals surface area contributed by atoms with E-state index in [0.717, 1.165) is 18.1 Å². The minimum atomic E-state index is -0.949. The Hall–Kier alpha value is -2.41. The summed E-state index contributed by atoms with van der Waals surface area (Å²) >= 11 is 0. The van der Waals surface area contributed by atoms with Crippen molar-refractivity contribution in [3.63, 3.8) is 0 Å². The Morgan fingerprint density at radius 2 is 2.29 bits per heavy atom. The molecule has 1 aliphatic rings. The predicted molar refractivity (Wildman–Crippen MR) is 91.0 cm³/mol. The number of hydrogen-bond acceptors (Lipinski definition) is 5. The summed E-state index contributed by atoms with van der Waals surface area (Å²) in [5.74, 6) is 0.590. The molecule has 0 aliphatic carbocycles. The Bertz CT molecular complexity index is 715. The smallest absolute Gasteiger partial charge is 0.271 e. The zero-order valence-electron chi connectivity index (χ0n) is 14.1. The first-order valence-electron chi connectivity index (χ1n) is 8.22.